The van der Waals surface area contributed by atoms with Crippen LogP contribution in [0.4, 0.5) is 0 Å². The maximum absolute atomic E-state index is 13.0. The number of rotatable bonds is 9. The Morgan fingerprint density at radius 2 is 2.00 bits per heavy atom. The minimum atomic E-state index is -0.233. The van der Waals surface area contributed by atoms with Crippen molar-refractivity contribution in [2.75, 3.05) is 45.9 Å². The smallest absolute Gasteiger partial charge is 0.267 e. The number of hydrogen-bond acceptors (Lipinski definition) is 6. The number of aromatic amines is 1. The highest BCUT2D eigenvalue weighted by Gasteiger charge is 2.31. The maximum atomic E-state index is 13.0. The summed E-state index contributed by atoms with van der Waals surface area (Å²) in [5.74, 6) is 1.68. The summed E-state index contributed by atoms with van der Waals surface area (Å²) in [5, 5.41) is 24.2. The van der Waals surface area contributed by atoms with Gasteiger partial charge in [-0.1, -0.05) is 19.4 Å². The minimum Gasteiger partial charge on any atom is -0.493 e. The molecule has 0 spiro atoms. The number of H-pyrrole nitrogens is 1. The van der Waals surface area contributed by atoms with Gasteiger partial charge in [0.15, 0.2) is 0 Å². The molecule has 8 heteroatoms. The number of aromatic nitrogens is 1. The number of piperidine rings is 2. The van der Waals surface area contributed by atoms with Crippen LogP contribution in [0, 0.1) is 11.8 Å². The van der Waals surface area contributed by atoms with Crippen LogP contribution in [0.5, 0.6) is 5.75 Å². The average molecular weight is 499 g/mol. The van der Waals surface area contributed by atoms with E-state index < -0.39 is 0 Å². The van der Waals surface area contributed by atoms with Crippen molar-refractivity contribution in [1.82, 2.24) is 20.1 Å². The third-order valence-electron chi connectivity index (χ3n) is 8.58. The van der Waals surface area contributed by atoms with E-state index >= 15 is 0 Å². The maximum Gasteiger partial charge on any atom is 0.267 e. The predicted octanol–water partition coefficient (Wildman–Crippen LogP) is 2.60. The molecular weight excluding hydrogens is 456 g/mol. The Morgan fingerprint density at radius 3 is 2.69 bits per heavy atom. The first-order valence-electron chi connectivity index (χ1n) is 13.8. The van der Waals surface area contributed by atoms with Gasteiger partial charge in [-0.25, -0.2) is 0 Å². The molecule has 5 rings (SSSR count). The first-order chi connectivity index (χ1) is 17.5. The summed E-state index contributed by atoms with van der Waals surface area (Å²) >= 11 is 0. The van der Waals surface area contributed by atoms with Gasteiger partial charge in [-0.3, -0.25) is 9.69 Å². The quantitative estimate of drug-likeness (QED) is 0.424. The molecule has 3 fully saturated rings. The molecule has 3 atom stereocenters. The van der Waals surface area contributed by atoms with Crippen molar-refractivity contribution in [3.8, 4) is 5.75 Å². The zero-order valence-electron chi connectivity index (χ0n) is 21.5. The second kappa shape index (κ2) is 11.5. The van der Waals surface area contributed by atoms with Crippen molar-refractivity contribution in [1.29, 1.82) is 0 Å². The van der Waals surface area contributed by atoms with Gasteiger partial charge in [0.25, 0.3) is 5.91 Å². The Labute approximate surface area is 214 Å². The van der Waals surface area contributed by atoms with E-state index in [-0.39, 0.29) is 36.6 Å². The van der Waals surface area contributed by atoms with E-state index in [9.17, 15) is 15.0 Å². The number of benzene rings is 1. The molecule has 2 saturated heterocycles. The van der Waals surface area contributed by atoms with E-state index in [2.05, 4.69) is 27.0 Å². The summed E-state index contributed by atoms with van der Waals surface area (Å²) in [7, 11) is 0. The van der Waals surface area contributed by atoms with E-state index in [4.69, 9.17) is 4.74 Å². The summed E-state index contributed by atoms with van der Waals surface area (Å²) in [6.45, 7) is 7.25. The number of aliphatic hydroxyl groups excluding tert-OH is 2. The zero-order valence-corrected chi connectivity index (χ0v) is 21.5. The van der Waals surface area contributed by atoms with E-state index in [1.165, 1.54) is 19.3 Å². The summed E-state index contributed by atoms with van der Waals surface area (Å²) in [6.07, 6.45) is 6.13. The van der Waals surface area contributed by atoms with Crippen molar-refractivity contribution >= 4 is 16.8 Å². The molecule has 3 aliphatic rings. The molecule has 1 amide bonds. The molecule has 36 heavy (non-hydrogen) atoms. The second-order valence-electron chi connectivity index (χ2n) is 11.2. The van der Waals surface area contributed by atoms with E-state index in [0.29, 0.717) is 11.6 Å². The van der Waals surface area contributed by atoms with Gasteiger partial charge in [0.05, 0.1) is 19.3 Å². The third kappa shape index (κ3) is 5.88. The summed E-state index contributed by atoms with van der Waals surface area (Å²) in [5.41, 5.74) is 1.50. The molecule has 3 heterocycles. The standard InChI is InChI=1S/C28H42N4O4/c1-19-15-32(13-10-26(19)34)22(17-33)16-31-11-8-21(9-12-31)29-28(35)25-14-23-24(30-25)6-3-7-27(23)36-18-20-4-2-5-20/h3,6-7,14,19-22,26,30,33-34H,2,4-5,8-13,15-18H2,1H3,(H,29,35)/t19-,22+,26-/m0/s1. The number of aliphatic hydroxyl groups is 2. The summed E-state index contributed by atoms with van der Waals surface area (Å²) in [6, 6.07) is 8.10. The van der Waals surface area contributed by atoms with Crippen LogP contribution >= 0.6 is 0 Å². The van der Waals surface area contributed by atoms with Gasteiger partial charge < -0.3 is 30.2 Å². The van der Waals surface area contributed by atoms with Crippen molar-refractivity contribution < 1.29 is 19.7 Å². The highest BCUT2D eigenvalue weighted by molar-refractivity contribution is 5.99. The topological polar surface area (TPSA) is 101 Å². The van der Waals surface area contributed by atoms with Gasteiger partial charge >= 0.3 is 0 Å². The number of ether oxygens (including phenoxy) is 1. The Kier molecular flexibility index (Phi) is 8.15. The SMILES string of the molecule is C[C@H]1CN([C@@H](CO)CN2CCC(NC(=O)c3cc4c(OCC5CCC5)cccc4[nH]3)CC2)CC[C@@H]1O. The lowest BCUT2D eigenvalue weighted by molar-refractivity contribution is -0.00596. The van der Waals surface area contributed by atoms with Gasteiger partial charge in [0.1, 0.15) is 11.4 Å². The highest BCUT2D eigenvalue weighted by Crippen LogP contribution is 2.31. The summed E-state index contributed by atoms with van der Waals surface area (Å²) in [4.78, 5) is 21.0. The van der Waals surface area contributed by atoms with E-state index in [0.717, 1.165) is 75.2 Å². The predicted molar refractivity (Wildman–Crippen MR) is 140 cm³/mol. The number of likely N-dealkylation sites (tertiary alicyclic amines) is 2. The zero-order chi connectivity index (χ0) is 25.1. The lowest BCUT2D eigenvalue weighted by atomic mass is 9.86. The highest BCUT2D eigenvalue weighted by atomic mass is 16.5. The molecule has 1 saturated carbocycles. The molecule has 2 aromatic rings. The van der Waals surface area contributed by atoms with Crippen LogP contribution in [0.15, 0.2) is 24.3 Å². The van der Waals surface area contributed by atoms with Crippen LogP contribution in [-0.2, 0) is 0 Å². The van der Waals surface area contributed by atoms with Gasteiger partial charge in [-0.05, 0) is 62.1 Å². The fourth-order valence-corrected chi connectivity index (χ4v) is 5.85. The number of fused-ring (bicyclic) bond motifs is 1. The molecule has 0 unspecified atom stereocenters. The fraction of sp³-hybridized carbons (Fsp3) is 0.679. The molecule has 8 nitrogen and oxygen atoms in total. The molecule has 1 aromatic heterocycles. The fourth-order valence-electron chi connectivity index (χ4n) is 5.85. The van der Waals surface area contributed by atoms with Gasteiger partial charge in [-0.2, -0.15) is 0 Å². The monoisotopic (exact) mass is 498 g/mol. The summed E-state index contributed by atoms with van der Waals surface area (Å²) < 4.78 is 6.08. The number of carbonyl (C=O) groups is 1. The number of carbonyl (C=O) groups excluding carboxylic acids is 1. The van der Waals surface area contributed by atoms with Crippen LogP contribution in [0.25, 0.3) is 10.9 Å². The second-order valence-corrected chi connectivity index (χ2v) is 11.2. The first-order valence-corrected chi connectivity index (χ1v) is 13.8. The molecule has 198 valence electrons. The molecule has 2 aliphatic heterocycles. The number of amides is 1. The van der Waals surface area contributed by atoms with Crippen LogP contribution < -0.4 is 10.1 Å². The van der Waals surface area contributed by atoms with Crippen LogP contribution in [0.1, 0.15) is 55.9 Å². The minimum absolute atomic E-state index is 0.0660. The van der Waals surface area contributed by atoms with Gasteiger partial charge in [0, 0.05) is 55.7 Å². The number of nitrogens with zero attached hydrogens (tertiary/aromatic N) is 2. The van der Waals surface area contributed by atoms with Crippen LogP contribution in [0.3, 0.4) is 0 Å². The van der Waals surface area contributed by atoms with Gasteiger partial charge in [0.2, 0.25) is 0 Å². The average Bonchev–Trinajstić information content (AvgIpc) is 3.30. The largest absolute Gasteiger partial charge is 0.493 e. The lowest BCUT2D eigenvalue weighted by Crippen LogP contribution is -2.54. The van der Waals surface area contributed by atoms with Crippen molar-refractivity contribution in [2.24, 2.45) is 11.8 Å². The Balaban J connectivity index is 1.11. The molecule has 1 aliphatic carbocycles. The van der Waals surface area contributed by atoms with Crippen LogP contribution in [-0.4, -0.2) is 95.0 Å². The first kappa shape index (κ1) is 25.5. The van der Waals surface area contributed by atoms with Gasteiger partial charge in [-0.15, -0.1) is 0 Å². The number of hydrogen-bond donors (Lipinski definition) is 4. The van der Waals surface area contributed by atoms with Crippen molar-refractivity contribution in [3.05, 3.63) is 30.0 Å². The Hall–Kier alpha value is -2.13. The third-order valence-corrected chi connectivity index (χ3v) is 8.58. The molecule has 1 aromatic carbocycles. The van der Waals surface area contributed by atoms with E-state index in [1.54, 1.807) is 0 Å². The Morgan fingerprint density at radius 1 is 1.19 bits per heavy atom. The molecule has 0 radical (unpaired) electrons. The number of nitrogens with one attached hydrogen (secondary N) is 2. The lowest BCUT2D eigenvalue weighted by Gasteiger charge is -2.42. The molecule has 0 bridgehead atoms. The molecular formula is C28H42N4O4. The Bertz CT molecular complexity index is 1010. The van der Waals surface area contributed by atoms with E-state index in [1.807, 2.05) is 24.3 Å². The normalized spacial score (nSPS) is 25.5. The van der Waals surface area contributed by atoms with Crippen molar-refractivity contribution in [2.45, 2.75) is 63.6 Å². The van der Waals surface area contributed by atoms with Crippen molar-refractivity contribution in [3.63, 3.8) is 0 Å². The molecule has 4 N–H and O–H groups in total. The van der Waals surface area contributed by atoms with Crippen LogP contribution in [0.2, 0.25) is 0 Å².